The zero-order valence-electron chi connectivity index (χ0n) is 10.2. The number of aliphatic hydroxyl groups is 1. The molecule has 4 heteroatoms. The Morgan fingerprint density at radius 2 is 2.12 bits per heavy atom. The Bertz CT molecular complexity index is 332. The normalized spacial score (nSPS) is 16.1. The molecule has 0 saturated heterocycles. The quantitative estimate of drug-likeness (QED) is 0.891. The van der Waals surface area contributed by atoms with Gasteiger partial charge in [-0.05, 0) is 39.7 Å². The van der Waals surface area contributed by atoms with Crippen LogP contribution in [0.1, 0.15) is 38.6 Å². The van der Waals surface area contributed by atoms with E-state index < -0.39 is 0 Å². The first kappa shape index (κ1) is 14.2. The monoisotopic (exact) mass is 305 g/mol. The molecular formula is C12H20BrNOS. The van der Waals surface area contributed by atoms with Crippen LogP contribution < -0.4 is 5.32 Å². The Hall–Kier alpha value is 0.100. The minimum absolute atomic E-state index is 0.0700. The smallest absolute Gasteiger partial charge is 0.0712 e. The summed E-state index contributed by atoms with van der Waals surface area (Å²) in [5.41, 5.74) is -0.0700. The van der Waals surface area contributed by atoms with E-state index in [4.69, 9.17) is 0 Å². The Balaban J connectivity index is 2.48. The van der Waals surface area contributed by atoms with Gasteiger partial charge in [-0.2, -0.15) is 0 Å². The fourth-order valence-electron chi connectivity index (χ4n) is 1.30. The number of nitrogens with one attached hydrogen (secondary N) is 1. The molecule has 0 aromatic carbocycles. The van der Waals surface area contributed by atoms with Gasteiger partial charge >= 0.3 is 0 Å². The molecule has 1 rings (SSSR count). The van der Waals surface area contributed by atoms with Crippen molar-refractivity contribution in [1.82, 2.24) is 5.32 Å². The first-order valence-corrected chi connectivity index (χ1v) is 7.14. The van der Waals surface area contributed by atoms with Crippen molar-refractivity contribution in [2.24, 2.45) is 5.41 Å². The second-order valence-corrected chi connectivity index (χ2v) is 6.95. The van der Waals surface area contributed by atoms with Crippen LogP contribution >= 0.6 is 27.3 Å². The van der Waals surface area contributed by atoms with Gasteiger partial charge in [-0.3, -0.25) is 0 Å². The molecule has 1 aromatic heterocycles. The summed E-state index contributed by atoms with van der Waals surface area (Å²) in [4.78, 5) is 1.28. The third-order valence-electron chi connectivity index (χ3n) is 2.66. The van der Waals surface area contributed by atoms with Gasteiger partial charge in [-0.1, -0.05) is 20.8 Å². The van der Waals surface area contributed by atoms with Crippen molar-refractivity contribution < 1.29 is 5.11 Å². The van der Waals surface area contributed by atoms with Gasteiger partial charge in [0.05, 0.1) is 6.10 Å². The second kappa shape index (κ2) is 5.63. The second-order valence-electron chi connectivity index (χ2n) is 5.14. The highest BCUT2D eigenvalue weighted by Gasteiger charge is 2.22. The molecule has 0 aliphatic rings. The largest absolute Gasteiger partial charge is 0.391 e. The van der Waals surface area contributed by atoms with E-state index in [9.17, 15) is 5.11 Å². The predicted molar refractivity (Wildman–Crippen MR) is 73.9 cm³/mol. The summed E-state index contributed by atoms with van der Waals surface area (Å²) in [5.74, 6) is 0. The van der Waals surface area contributed by atoms with Crippen molar-refractivity contribution in [3.8, 4) is 0 Å². The van der Waals surface area contributed by atoms with E-state index in [0.29, 0.717) is 6.54 Å². The maximum Gasteiger partial charge on any atom is 0.0712 e. The van der Waals surface area contributed by atoms with Crippen LogP contribution in [0.4, 0.5) is 0 Å². The number of thiophene rings is 1. The zero-order chi connectivity index (χ0) is 12.3. The number of hydrogen-bond acceptors (Lipinski definition) is 3. The van der Waals surface area contributed by atoms with E-state index in [1.807, 2.05) is 20.8 Å². The van der Waals surface area contributed by atoms with Crippen molar-refractivity contribution in [3.05, 3.63) is 20.8 Å². The summed E-state index contributed by atoms with van der Waals surface area (Å²) in [6.07, 6.45) is -0.325. The van der Waals surface area contributed by atoms with Gasteiger partial charge in [0.2, 0.25) is 0 Å². The third kappa shape index (κ3) is 3.84. The van der Waals surface area contributed by atoms with Gasteiger partial charge in [-0.15, -0.1) is 11.3 Å². The molecule has 0 bridgehead atoms. The van der Waals surface area contributed by atoms with Crippen molar-refractivity contribution in [2.75, 3.05) is 6.54 Å². The van der Waals surface area contributed by atoms with Crippen LogP contribution in [0.2, 0.25) is 0 Å². The van der Waals surface area contributed by atoms with Crippen LogP contribution in [0, 0.1) is 5.41 Å². The molecule has 2 atom stereocenters. The van der Waals surface area contributed by atoms with Gasteiger partial charge in [0.15, 0.2) is 0 Å². The van der Waals surface area contributed by atoms with Gasteiger partial charge < -0.3 is 10.4 Å². The molecule has 92 valence electrons. The Kier molecular flexibility index (Phi) is 4.98. The summed E-state index contributed by atoms with van der Waals surface area (Å²) < 4.78 is 1.14. The molecule has 0 aliphatic carbocycles. The highest BCUT2D eigenvalue weighted by Crippen LogP contribution is 2.29. The molecule has 1 heterocycles. The SMILES string of the molecule is CC(NCC(O)C(C)(C)C)c1sccc1Br. The zero-order valence-corrected chi connectivity index (χ0v) is 12.7. The molecular weight excluding hydrogens is 286 g/mol. The maximum atomic E-state index is 9.93. The molecule has 0 aliphatic heterocycles. The lowest BCUT2D eigenvalue weighted by molar-refractivity contribution is 0.0610. The highest BCUT2D eigenvalue weighted by atomic mass is 79.9. The van der Waals surface area contributed by atoms with Crippen LogP contribution in [0.15, 0.2) is 15.9 Å². The van der Waals surface area contributed by atoms with Crippen LogP contribution in [0.25, 0.3) is 0 Å². The summed E-state index contributed by atoms with van der Waals surface area (Å²) in [6, 6.07) is 2.32. The van der Waals surface area contributed by atoms with Gasteiger partial charge in [-0.25, -0.2) is 0 Å². The first-order valence-electron chi connectivity index (χ1n) is 5.46. The molecule has 0 saturated carbocycles. The molecule has 0 radical (unpaired) electrons. The fourth-order valence-corrected chi connectivity index (χ4v) is 3.05. The lowest BCUT2D eigenvalue weighted by atomic mass is 9.89. The highest BCUT2D eigenvalue weighted by molar-refractivity contribution is 9.10. The van der Waals surface area contributed by atoms with E-state index in [1.165, 1.54) is 4.88 Å². The maximum absolute atomic E-state index is 9.93. The van der Waals surface area contributed by atoms with Crippen molar-refractivity contribution in [3.63, 3.8) is 0 Å². The molecule has 2 N–H and O–H groups in total. The summed E-state index contributed by atoms with van der Waals surface area (Å²) in [5, 5.41) is 15.4. The number of hydrogen-bond donors (Lipinski definition) is 2. The van der Waals surface area contributed by atoms with E-state index in [1.54, 1.807) is 11.3 Å². The van der Waals surface area contributed by atoms with Crippen molar-refractivity contribution in [2.45, 2.75) is 39.8 Å². The standard InChI is InChI=1S/C12H20BrNOS/c1-8(11-9(13)5-6-16-11)14-7-10(15)12(2,3)4/h5-6,8,10,14-15H,7H2,1-4H3. The van der Waals surface area contributed by atoms with E-state index in [-0.39, 0.29) is 17.6 Å². The van der Waals surface area contributed by atoms with Crippen molar-refractivity contribution >= 4 is 27.3 Å². The van der Waals surface area contributed by atoms with Gasteiger partial charge in [0.25, 0.3) is 0 Å². The Labute approximate surface area is 110 Å². The fraction of sp³-hybridized carbons (Fsp3) is 0.667. The summed E-state index contributed by atoms with van der Waals surface area (Å²) in [7, 11) is 0. The molecule has 2 nitrogen and oxygen atoms in total. The van der Waals surface area contributed by atoms with Gasteiger partial charge in [0, 0.05) is 21.9 Å². The van der Waals surface area contributed by atoms with Crippen molar-refractivity contribution in [1.29, 1.82) is 0 Å². The number of halogens is 1. The molecule has 0 fully saturated rings. The minimum Gasteiger partial charge on any atom is -0.391 e. The lowest BCUT2D eigenvalue weighted by Gasteiger charge is -2.27. The number of rotatable bonds is 4. The molecule has 0 amide bonds. The molecule has 2 unspecified atom stereocenters. The average molecular weight is 306 g/mol. The average Bonchev–Trinajstić information content (AvgIpc) is 2.58. The van der Waals surface area contributed by atoms with Crippen LogP contribution in [-0.4, -0.2) is 17.8 Å². The van der Waals surface area contributed by atoms with Crippen LogP contribution in [0.5, 0.6) is 0 Å². The first-order chi connectivity index (χ1) is 7.32. The molecule has 1 aromatic rings. The predicted octanol–water partition coefficient (Wildman–Crippen LogP) is 3.57. The molecule has 0 spiro atoms. The molecule has 16 heavy (non-hydrogen) atoms. The van der Waals surface area contributed by atoms with Gasteiger partial charge in [0.1, 0.15) is 0 Å². The van der Waals surface area contributed by atoms with E-state index in [2.05, 4.69) is 39.6 Å². The van der Waals surface area contributed by atoms with E-state index >= 15 is 0 Å². The summed E-state index contributed by atoms with van der Waals surface area (Å²) in [6.45, 7) is 8.88. The topological polar surface area (TPSA) is 32.3 Å². The Morgan fingerprint density at radius 1 is 1.50 bits per heavy atom. The van der Waals surface area contributed by atoms with Crippen LogP contribution in [-0.2, 0) is 0 Å². The van der Waals surface area contributed by atoms with Crippen LogP contribution in [0.3, 0.4) is 0 Å². The third-order valence-corrected chi connectivity index (χ3v) is 4.71. The summed E-state index contributed by atoms with van der Waals surface area (Å²) >= 11 is 5.25. The Morgan fingerprint density at radius 3 is 2.56 bits per heavy atom. The lowest BCUT2D eigenvalue weighted by Crippen LogP contribution is -2.37. The minimum atomic E-state index is -0.325. The number of aliphatic hydroxyl groups excluding tert-OH is 1. The van der Waals surface area contributed by atoms with E-state index in [0.717, 1.165) is 4.47 Å².